The van der Waals surface area contributed by atoms with Crippen LogP contribution in [0.2, 0.25) is 0 Å². The number of rotatable bonds is 16. The summed E-state index contributed by atoms with van der Waals surface area (Å²) in [6, 6.07) is 0. The largest absolute Gasteiger partial charge is 1.00 e. The summed E-state index contributed by atoms with van der Waals surface area (Å²) in [5, 5.41) is -2.15. The average molecular weight is 472 g/mol. The molecule has 9 nitrogen and oxygen atoms in total. The van der Waals surface area contributed by atoms with E-state index >= 15 is 0 Å². The standard InChI is InChI=1S/C18H33NO8S.2Na.2H/c1-2-3-4-5-6-7-8-9-10-11-16(20)27-17(21)14-15(28(23,24)25)18(22)26-13-12-19;;;;/h15H,2-14,19H2,1H3,(H,23,24,25);;;;/q;2*+1;2*-1. The van der Waals surface area contributed by atoms with Gasteiger partial charge in [0, 0.05) is 13.0 Å². The van der Waals surface area contributed by atoms with E-state index in [1.165, 1.54) is 32.1 Å². The predicted molar refractivity (Wildman–Crippen MR) is 105 cm³/mol. The molecule has 0 aromatic heterocycles. The van der Waals surface area contributed by atoms with E-state index in [9.17, 15) is 22.8 Å². The molecule has 0 saturated carbocycles. The van der Waals surface area contributed by atoms with Gasteiger partial charge in [0.1, 0.15) is 6.61 Å². The van der Waals surface area contributed by atoms with E-state index in [-0.39, 0.29) is 81.5 Å². The van der Waals surface area contributed by atoms with Crippen LogP contribution < -0.4 is 64.8 Å². The first-order chi connectivity index (χ1) is 13.2. The molecule has 168 valence electrons. The monoisotopic (exact) mass is 471 g/mol. The molecule has 12 heteroatoms. The Morgan fingerprint density at radius 1 is 0.933 bits per heavy atom. The Bertz CT molecular complexity index is 598. The van der Waals surface area contributed by atoms with Gasteiger partial charge in [-0.05, 0) is 6.42 Å². The molecule has 0 aliphatic heterocycles. The fraction of sp³-hybridized carbons (Fsp3) is 0.833. The molecule has 0 saturated heterocycles. The van der Waals surface area contributed by atoms with Crippen LogP contribution in [-0.4, -0.2) is 49.3 Å². The summed E-state index contributed by atoms with van der Waals surface area (Å²) in [4.78, 5) is 35.0. The van der Waals surface area contributed by atoms with Crippen molar-refractivity contribution in [3.05, 3.63) is 0 Å². The smallest absolute Gasteiger partial charge is 1.00 e. The SMILES string of the molecule is CCCCCCCCCCCC(=O)OC(=O)CC(C(=O)OCCN)S(=O)(=O)O.[H-].[H-].[Na+].[Na+]. The number of nitrogens with two attached hydrogens (primary N) is 1. The quantitative estimate of drug-likeness (QED) is 0.0764. The van der Waals surface area contributed by atoms with Gasteiger partial charge in [0.05, 0.1) is 6.42 Å². The Morgan fingerprint density at radius 2 is 1.43 bits per heavy atom. The fourth-order valence-corrected chi connectivity index (χ4v) is 3.17. The van der Waals surface area contributed by atoms with Gasteiger partial charge in [-0.3, -0.25) is 18.9 Å². The van der Waals surface area contributed by atoms with Gasteiger partial charge >= 0.3 is 77.0 Å². The topological polar surface area (TPSA) is 150 Å². The molecule has 1 unspecified atom stereocenters. The van der Waals surface area contributed by atoms with Gasteiger partial charge in [0.2, 0.25) is 0 Å². The molecule has 30 heavy (non-hydrogen) atoms. The molecule has 0 heterocycles. The molecule has 0 aliphatic carbocycles. The first-order valence-corrected chi connectivity index (χ1v) is 11.3. The van der Waals surface area contributed by atoms with E-state index in [0.29, 0.717) is 6.42 Å². The minimum atomic E-state index is -4.89. The van der Waals surface area contributed by atoms with Crippen molar-refractivity contribution < 1.29 is 98.8 Å². The zero-order chi connectivity index (χ0) is 21.4. The number of ether oxygens (including phenoxy) is 2. The molecule has 0 radical (unpaired) electrons. The van der Waals surface area contributed by atoms with Gasteiger partial charge < -0.3 is 18.1 Å². The van der Waals surface area contributed by atoms with E-state index in [0.717, 1.165) is 19.3 Å². The van der Waals surface area contributed by atoms with Crippen molar-refractivity contribution in [3.63, 3.8) is 0 Å². The van der Waals surface area contributed by atoms with Gasteiger partial charge in [-0.15, -0.1) is 0 Å². The van der Waals surface area contributed by atoms with Crippen LogP contribution in [0.3, 0.4) is 0 Å². The number of hydrogen-bond acceptors (Lipinski definition) is 8. The van der Waals surface area contributed by atoms with Crippen molar-refractivity contribution in [1.29, 1.82) is 0 Å². The van der Waals surface area contributed by atoms with Crippen LogP contribution in [0.5, 0.6) is 0 Å². The van der Waals surface area contributed by atoms with Crippen molar-refractivity contribution in [2.75, 3.05) is 13.2 Å². The van der Waals surface area contributed by atoms with Crippen LogP contribution in [-0.2, 0) is 34.0 Å². The van der Waals surface area contributed by atoms with E-state index < -0.39 is 39.7 Å². The van der Waals surface area contributed by atoms with Gasteiger partial charge in [-0.1, -0.05) is 58.3 Å². The minimum absolute atomic E-state index is 0. The fourth-order valence-electron chi connectivity index (χ4n) is 2.51. The maximum Gasteiger partial charge on any atom is 1.00 e. The minimum Gasteiger partial charge on any atom is -1.00 e. The molecule has 3 N–H and O–H groups in total. The Balaban J connectivity index is -0.000000607. The van der Waals surface area contributed by atoms with E-state index in [2.05, 4.69) is 16.4 Å². The molecule has 0 aliphatic rings. The molecule has 0 rings (SSSR count). The Labute approximate surface area is 226 Å². The van der Waals surface area contributed by atoms with Crippen LogP contribution in [0, 0.1) is 0 Å². The number of carbonyl (C=O) groups excluding carboxylic acids is 3. The van der Waals surface area contributed by atoms with Crippen LogP contribution >= 0.6 is 0 Å². The maximum atomic E-state index is 11.7. The number of unbranched alkanes of at least 4 members (excludes halogenated alkanes) is 8. The zero-order valence-electron chi connectivity index (χ0n) is 20.6. The van der Waals surface area contributed by atoms with E-state index in [1.54, 1.807) is 0 Å². The second kappa shape index (κ2) is 21.3. The molecule has 0 bridgehead atoms. The third-order valence-electron chi connectivity index (χ3n) is 4.05. The van der Waals surface area contributed by atoms with E-state index in [1.807, 2.05) is 0 Å². The van der Waals surface area contributed by atoms with Crippen molar-refractivity contribution in [1.82, 2.24) is 0 Å². The van der Waals surface area contributed by atoms with Crippen LogP contribution in [0.1, 0.15) is 80.4 Å². The molecular weight excluding hydrogens is 436 g/mol. The van der Waals surface area contributed by atoms with Gasteiger partial charge in [-0.25, -0.2) is 0 Å². The zero-order valence-corrected chi connectivity index (χ0v) is 23.4. The second-order valence-corrected chi connectivity index (χ2v) is 8.19. The normalized spacial score (nSPS) is 11.6. The summed E-state index contributed by atoms with van der Waals surface area (Å²) in [5.74, 6) is -3.33. The number of hydrogen-bond donors (Lipinski definition) is 2. The Kier molecular flexibility index (Phi) is 24.9. The van der Waals surface area contributed by atoms with Gasteiger partial charge in [0.15, 0.2) is 5.25 Å². The summed E-state index contributed by atoms with van der Waals surface area (Å²) in [5.41, 5.74) is 5.13. The summed E-state index contributed by atoms with van der Waals surface area (Å²) >= 11 is 0. The predicted octanol–water partition coefficient (Wildman–Crippen LogP) is -3.64. The van der Waals surface area contributed by atoms with Crippen molar-refractivity contribution in [3.8, 4) is 0 Å². The first-order valence-electron chi connectivity index (χ1n) is 9.78. The van der Waals surface area contributed by atoms with Gasteiger partial charge in [0.25, 0.3) is 10.1 Å². The van der Waals surface area contributed by atoms with E-state index in [4.69, 9.17) is 10.3 Å². The van der Waals surface area contributed by atoms with Gasteiger partial charge in [-0.2, -0.15) is 8.42 Å². The van der Waals surface area contributed by atoms with Crippen LogP contribution in [0.25, 0.3) is 0 Å². The summed E-state index contributed by atoms with van der Waals surface area (Å²) in [6.07, 6.45) is 8.58. The average Bonchev–Trinajstić information content (AvgIpc) is 2.61. The van der Waals surface area contributed by atoms with Crippen LogP contribution in [0.15, 0.2) is 0 Å². The molecule has 0 spiro atoms. The number of esters is 3. The molecular formula is C18H35NNa2O8S. The second-order valence-electron chi connectivity index (χ2n) is 6.59. The van der Waals surface area contributed by atoms with Crippen LogP contribution in [0.4, 0.5) is 0 Å². The Hall–Kier alpha value is 0.480. The summed E-state index contributed by atoms with van der Waals surface area (Å²) in [6.45, 7) is 1.85. The van der Waals surface area contributed by atoms with Crippen molar-refractivity contribution >= 4 is 28.0 Å². The summed E-state index contributed by atoms with van der Waals surface area (Å²) < 4.78 is 40.6. The molecule has 0 fully saturated rings. The summed E-state index contributed by atoms with van der Waals surface area (Å²) in [7, 11) is -4.89. The third kappa shape index (κ3) is 19.2. The third-order valence-corrected chi connectivity index (χ3v) is 5.13. The maximum absolute atomic E-state index is 11.7. The molecule has 0 aromatic rings. The van der Waals surface area contributed by atoms with Crippen molar-refractivity contribution in [2.45, 2.75) is 82.8 Å². The molecule has 0 amide bonds. The first kappa shape index (κ1) is 35.1. The molecule has 0 aromatic carbocycles. The number of carbonyl (C=O) groups is 3. The molecule has 1 atom stereocenters. The Morgan fingerprint density at radius 3 is 1.90 bits per heavy atom. The van der Waals surface area contributed by atoms with Crippen molar-refractivity contribution in [2.24, 2.45) is 5.73 Å².